The van der Waals surface area contributed by atoms with Crippen molar-refractivity contribution in [2.75, 3.05) is 13.1 Å². The number of hydrogen-bond acceptors (Lipinski definition) is 3. The fourth-order valence-electron chi connectivity index (χ4n) is 2.28. The number of halogens is 1. The van der Waals surface area contributed by atoms with Gasteiger partial charge in [0.1, 0.15) is 17.7 Å². The summed E-state index contributed by atoms with van der Waals surface area (Å²) in [5.41, 5.74) is 1.40. The molecule has 0 aliphatic carbocycles. The van der Waals surface area contributed by atoms with Crippen LogP contribution >= 0.6 is 0 Å². The highest BCUT2D eigenvalue weighted by atomic mass is 19.1. The average molecular weight is 217 g/mol. The molecule has 16 heavy (non-hydrogen) atoms. The van der Waals surface area contributed by atoms with Gasteiger partial charge in [-0.15, -0.1) is 0 Å². The molecule has 1 saturated heterocycles. The van der Waals surface area contributed by atoms with Crippen LogP contribution in [0.1, 0.15) is 18.0 Å². The van der Waals surface area contributed by atoms with Gasteiger partial charge in [-0.05, 0) is 19.0 Å². The standard InChI is InChI=1S/C12H12FN3/c13-10-3-1-2-9-11(8-4-5-14-6-8)15-7-16-12(9)10/h1-3,7-8,14H,4-6H2. The molecule has 1 aromatic heterocycles. The van der Waals surface area contributed by atoms with Crippen molar-refractivity contribution in [3.8, 4) is 0 Å². The summed E-state index contributed by atoms with van der Waals surface area (Å²) >= 11 is 0. The van der Waals surface area contributed by atoms with E-state index < -0.39 is 0 Å². The predicted molar refractivity (Wildman–Crippen MR) is 59.7 cm³/mol. The zero-order valence-corrected chi connectivity index (χ0v) is 8.78. The lowest BCUT2D eigenvalue weighted by Crippen LogP contribution is -2.09. The van der Waals surface area contributed by atoms with E-state index in [1.54, 1.807) is 6.07 Å². The molecule has 1 aliphatic heterocycles. The van der Waals surface area contributed by atoms with Gasteiger partial charge in [0.05, 0.1) is 5.69 Å². The minimum absolute atomic E-state index is 0.271. The maximum absolute atomic E-state index is 13.5. The van der Waals surface area contributed by atoms with Gasteiger partial charge in [-0.25, -0.2) is 14.4 Å². The van der Waals surface area contributed by atoms with Crippen LogP contribution in [0.4, 0.5) is 4.39 Å². The van der Waals surface area contributed by atoms with Crippen LogP contribution < -0.4 is 5.32 Å². The highest BCUT2D eigenvalue weighted by Gasteiger charge is 2.20. The molecule has 1 N–H and O–H groups in total. The van der Waals surface area contributed by atoms with Gasteiger partial charge in [0.15, 0.2) is 0 Å². The quantitative estimate of drug-likeness (QED) is 0.792. The van der Waals surface area contributed by atoms with Gasteiger partial charge < -0.3 is 5.32 Å². The first-order valence-electron chi connectivity index (χ1n) is 5.46. The number of rotatable bonds is 1. The van der Waals surface area contributed by atoms with Crippen LogP contribution in [0, 0.1) is 5.82 Å². The van der Waals surface area contributed by atoms with Gasteiger partial charge in [-0.1, -0.05) is 12.1 Å². The molecule has 3 rings (SSSR count). The number of nitrogens with zero attached hydrogens (tertiary/aromatic N) is 2. The Balaban J connectivity index is 2.20. The second kappa shape index (κ2) is 3.79. The molecule has 1 atom stereocenters. The third kappa shape index (κ3) is 1.46. The SMILES string of the molecule is Fc1cccc2c(C3CCNC3)ncnc12. The Kier molecular flexibility index (Phi) is 2.29. The van der Waals surface area contributed by atoms with Crippen molar-refractivity contribution in [1.29, 1.82) is 0 Å². The monoisotopic (exact) mass is 217 g/mol. The first kappa shape index (κ1) is 9.66. The summed E-state index contributed by atoms with van der Waals surface area (Å²) in [6.45, 7) is 1.92. The summed E-state index contributed by atoms with van der Waals surface area (Å²) in [4.78, 5) is 8.32. The zero-order chi connectivity index (χ0) is 11.0. The topological polar surface area (TPSA) is 37.8 Å². The van der Waals surface area contributed by atoms with Crippen molar-refractivity contribution in [1.82, 2.24) is 15.3 Å². The van der Waals surface area contributed by atoms with Crippen LogP contribution in [0.2, 0.25) is 0 Å². The lowest BCUT2D eigenvalue weighted by Gasteiger charge is -2.10. The molecule has 2 aromatic rings. The summed E-state index contributed by atoms with van der Waals surface area (Å²) in [7, 11) is 0. The van der Waals surface area contributed by atoms with E-state index in [9.17, 15) is 4.39 Å². The smallest absolute Gasteiger partial charge is 0.149 e. The van der Waals surface area contributed by atoms with E-state index in [-0.39, 0.29) is 5.82 Å². The van der Waals surface area contributed by atoms with E-state index in [0.717, 1.165) is 30.6 Å². The first-order valence-corrected chi connectivity index (χ1v) is 5.46. The van der Waals surface area contributed by atoms with Gasteiger partial charge >= 0.3 is 0 Å². The van der Waals surface area contributed by atoms with Gasteiger partial charge in [0.25, 0.3) is 0 Å². The Hall–Kier alpha value is -1.55. The fourth-order valence-corrected chi connectivity index (χ4v) is 2.28. The van der Waals surface area contributed by atoms with E-state index in [4.69, 9.17) is 0 Å². The number of benzene rings is 1. The van der Waals surface area contributed by atoms with Crippen LogP contribution in [-0.2, 0) is 0 Å². The lowest BCUT2D eigenvalue weighted by atomic mass is 10.0. The van der Waals surface area contributed by atoms with E-state index in [0.29, 0.717) is 11.4 Å². The molecule has 3 nitrogen and oxygen atoms in total. The van der Waals surface area contributed by atoms with Crippen molar-refractivity contribution < 1.29 is 4.39 Å². The van der Waals surface area contributed by atoms with Gasteiger partial charge in [-0.3, -0.25) is 0 Å². The summed E-state index contributed by atoms with van der Waals surface area (Å²) < 4.78 is 13.5. The summed E-state index contributed by atoms with van der Waals surface area (Å²) in [5, 5.41) is 4.14. The van der Waals surface area contributed by atoms with Gasteiger partial charge in [0.2, 0.25) is 0 Å². The van der Waals surface area contributed by atoms with Crippen molar-refractivity contribution in [3.63, 3.8) is 0 Å². The molecule has 0 bridgehead atoms. The molecule has 4 heteroatoms. The summed E-state index contributed by atoms with van der Waals surface area (Å²) in [6.07, 6.45) is 2.52. The third-order valence-electron chi connectivity index (χ3n) is 3.09. The largest absolute Gasteiger partial charge is 0.316 e. The number of hydrogen-bond donors (Lipinski definition) is 1. The molecular weight excluding hydrogens is 205 g/mol. The highest BCUT2D eigenvalue weighted by molar-refractivity contribution is 5.81. The first-order chi connectivity index (χ1) is 7.86. The molecule has 1 aromatic carbocycles. The second-order valence-electron chi connectivity index (χ2n) is 4.08. The summed E-state index contributed by atoms with van der Waals surface area (Å²) in [6, 6.07) is 5.05. The third-order valence-corrected chi connectivity index (χ3v) is 3.09. The average Bonchev–Trinajstić information content (AvgIpc) is 2.82. The number of fused-ring (bicyclic) bond motifs is 1. The van der Waals surface area contributed by atoms with Crippen LogP contribution in [-0.4, -0.2) is 23.1 Å². The Bertz CT molecular complexity index is 521. The molecule has 82 valence electrons. The molecule has 0 radical (unpaired) electrons. The Labute approximate surface area is 92.7 Å². The zero-order valence-electron chi connectivity index (χ0n) is 8.78. The maximum Gasteiger partial charge on any atom is 0.149 e. The molecular formula is C12H12FN3. The molecule has 1 fully saturated rings. The van der Waals surface area contributed by atoms with Gasteiger partial charge in [-0.2, -0.15) is 0 Å². The molecule has 1 unspecified atom stereocenters. The maximum atomic E-state index is 13.5. The van der Waals surface area contributed by atoms with E-state index in [1.165, 1.54) is 12.4 Å². The molecule has 2 heterocycles. The van der Waals surface area contributed by atoms with E-state index in [1.807, 2.05) is 6.07 Å². The minimum Gasteiger partial charge on any atom is -0.316 e. The van der Waals surface area contributed by atoms with Crippen molar-refractivity contribution in [2.24, 2.45) is 0 Å². The van der Waals surface area contributed by atoms with Gasteiger partial charge in [0, 0.05) is 17.8 Å². The summed E-state index contributed by atoms with van der Waals surface area (Å²) in [5.74, 6) is 0.111. The highest BCUT2D eigenvalue weighted by Crippen LogP contribution is 2.27. The van der Waals surface area contributed by atoms with E-state index >= 15 is 0 Å². The number of para-hydroxylation sites is 1. The van der Waals surface area contributed by atoms with Crippen LogP contribution in [0.3, 0.4) is 0 Å². The van der Waals surface area contributed by atoms with Crippen molar-refractivity contribution in [3.05, 3.63) is 36.0 Å². The van der Waals surface area contributed by atoms with E-state index in [2.05, 4.69) is 15.3 Å². The van der Waals surface area contributed by atoms with Crippen LogP contribution in [0.5, 0.6) is 0 Å². The lowest BCUT2D eigenvalue weighted by molar-refractivity contribution is 0.635. The number of nitrogens with one attached hydrogen (secondary N) is 1. The van der Waals surface area contributed by atoms with Crippen LogP contribution in [0.15, 0.2) is 24.5 Å². The second-order valence-corrected chi connectivity index (χ2v) is 4.08. The fraction of sp³-hybridized carbons (Fsp3) is 0.333. The number of aromatic nitrogens is 2. The minimum atomic E-state index is -0.271. The van der Waals surface area contributed by atoms with Crippen molar-refractivity contribution in [2.45, 2.75) is 12.3 Å². The molecule has 0 spiro atoms. The normalized spacial score (nSPS) is 20.4. The predicted octanol–water partition coefficient (Wildman–Crippen LogP) is 1.85. The van der Waals surface area contributed by atoms with Crippen LogP contribution in [0.25, 0.3) is 10.9 Å². The molecule has 1 aliphatic rings. The Morgan fingerprint density at radius 3 is 3.06 bits per heavy atom. The Morgan fingerprint density at radius 2 is 2.25 bits per heavy atom. The molecule has 0 saturated carbocycles. The van der Waals surface area contributed by atoms with Crippen molar-refractivity contribution >= 4 is 10.9 Å². The molecule has 0 amide bonds. The Morgan fingerprint density at radius 1 is 1.31 bits per heavy atom.